The van der Waals surface area contributed by atoms with Gasteiger partial charge in [0.25, 0.3) is 0 Å². The van der Waals surface area contributed by atoms with Crippen molar-refractivity contribution >= 4 is 5.96 Å². The van der Waals surface area contributed by atoms with E-state index in [2.05, 4.69) is 10.3 Å². The van der Waals surface area contributed by atoms with Crippen LogP contribution in [0.2, 0.25) is 0 Å². The third kappa shape index (κ3) is 3.19. The number of benzene rings is 1. The second-order valence-corrected chi connectivity index (χ2v) is 4.15. The van der Waals surface area contributed by atoms with Crippen LogP contribution in [0.4, 0.5) is 0 Å². The van der Waals surface area contributed by atoms with Crippen molar-refractivity contribution in [1.82, 2.24) is 5.32 Å². The number of aliphatic hydroxyl groups is 2. The highest BCUT2D eigenvalue weighted by atomic mass is 16.6. The van der Waals surface area contributed by atoms with E-state index in [1.54, 1.807) is 0 Å². The van der Waals surface area contributed by atoms with Crippen LogP contribution in [-0.2, 0) is 11.3 Å². The summed E-state index contributed by atoms with van der Waals surface area (Å²) >= 11 is 0. The van der Waals surface area contributed by atoms with Gasteiger partial charge in [-0.25, -0.2) is 4.99 Å². The quantitative estimate of drug-likeness (QED) is 0.415. The van der Waals surface area contributed by atoms with Crippen molar-refractivity contribution in [3.8, 4) is 0 Å². The van der Waals surface area contributed by atoms with Crippen molar-refractivity contribution in [2.24, 2.45) is 10.7 Å². The van der Waals surface area contributed by atoms with Gasteiger partial charge in [0.15, 0.2) is 12.2 Å². The molecule has 6 nitrogen and oxygen atoms in total. The van der Waals surface area contributed by atoms with Crippen LogP contribution in [0.3, 0.4) is 0 Å². The van der Waals surface area contributed by atoms with E-state index in [1.165, 1.54) is 0 Å². The van der Waals surface area contributed by atoms with Crippen LogP contribution in [0.25, 0.3) is 0 Å². The van der Waals surface area contributed by atoms with Crippen LogP contribution in [0.1, 0.15) is 5.56 Å². The Labute approximate surface area is 105 Å². The number of aliphatic hydroxyl groups excluding tert-OH is 2. The molecule has 1 aromatic rings. The Balaban J connectivity index is 1.86. The predicted molar refractivity (Wildman–Crippen MR) is 66.7 cm³/mol. The summed E-state index contributed by atoms with van der Waals surface area (Å²) in [6.45, 7) is 0.662. The molecule has 0 aromatic heterocycles. The molecule has 1 aliphatic rings. The Kier molecular flexibility index (Phi) is 4.14. The number of guanidine groups is 1. The second kappa shape index (κ2) is 5.81. The SMILES string of the molecule is NC(=NCc1ccccc1)NC1COC(O)C1O. The fourth-order valence-electron chi connectivity index (χ4n) is 1.72. The summed E-state index contributed by atoms with van der Waals surface area (Å²) in [7, 11) is 0. The van der Waals surface area contributed by atoms with Crippen molar-refractivity contribution in [1.29, 1.82) is 0 Å². The van der Waals surface area contributed by atoms with Crippen LogP contribution in [0, 0.1) is 0 Å². The maximum absolute atomic E-state index is 9.54. The molecule has 1 heterocycles. The standard InChI is InChI=1S/C12H17N3O3/c13-12(14-6-8-4-2-1-3-5-8)15-9-7-18-11(17)10(9)16/h1-5,9-11,16-17H,6-7H2,(H3,13,14,15). The molecule has 1 saturated heterocycles. The lowest BCUT2D eigenvalue weighted by Gasteiger charge is -2.16. The van der Waals surface area contributed by atoms with Crippen molar-refractivity contribution in [3.05, 3.63) is 35.9 Å². The van der Waals surface area contributed by atoms with Gasteiger partial charge in [-0.15, -0.1) is 0 Å². The van der Waals surface area contributed by atoms with E-state index in [0.29, 0.717) is 6.54 Å². The number of rotatable bonds is 3. The monoisotopic (exact) mass is 251 g/mol. The molecule has 3 atom stereocenters. The summed E-state index contributed by atoms with van der Waals surface area (Å²) in [5.41, 5.74) is 6.75. The highest BCUT2D eigenvalue weighted by molar-refractivity contribution is 5.78. The number of nitrogens with zero attached hydrogens (tertiary/aromatic N) is 1. The summed E-state index contributed by atoms with van der Waals surface area (Å²) in [6.07, 6.45) is -2.15. The van der Waals surface area contributed by atoms with Crippen LogP contribution in [0.5, 0.6) is 0 Å². The van der Waals surface area contributed by atoms with E-state index < -0.39 is 18.4 Å². The van der Waals surface area contributed by atoms with Gasteiger partial charge in [0.1, 0.15) is 6.10 Å². The van der Waals surface area contributed by atoms with Crippen LogP contribution in [0.15, 0.2) is 35.3 Å². The maximum atomic E-state index is 9.54. The zero-order valence-electron chi connectivity index (χ0n) is 9.86. The fourth-order valence-corrected chi connectivity index (χ4v) is 1.72. The molecule has 0 bridgehead atoms. The molecule has 0 saturated carbocycles. The first kappa shape index (κ1) is 12.8. The van der Waals surface area contributed by atoms with Gasteiger partial charge in [-0.1, -0.05) is 30.3 Å². The largest absolute Gasteiger partial charge is 0.386 e. The number of ether oxygens (including phenoxy) is 1. The number of aliphatic imine (C=N–C) groups is 1. The van der Waals surface area contributed by atoms with Gasteiger partial charge in [0.2, 0.25) is 0 Å². The first-order valence-corrected chi connectivity index (χ1v) is 5.75. The molecule has 2 rings (SSSR count). The molecule has 18 heavy (non-hydrogen) atoms. The second-order valence-electron chi connectivity index (χ2n) is 4.15. The molecule has 5 N–H and O–H groups in total. The molecular formula is C12H17N3O3. The Morgan fingerprint density at radius 3 is 2.72 bits per heavy atom. The first-order chi connectivity index (χ1) is 8.66. The lowest BCUT2D eigenvalue weighted by Crippen LogP contribution is -2.47. The molecule has 1 aromatic carbocycles. The van der Waals surface area contributed by atoms with E-state index in [1.807, 2.05) is 30.3 Å². The van der Waals surface area contributed by atoms with Gasteiger partial charge in [-0.2, -0.15) is 0 Å². The van der Waals surface area contributed by atoms with E-state index in [4.69, 9.17) is 10.5 Å². The lowest BCUT2D eigenvalue weighted by molar-refractivity contribution is -0.108. The van der Waals surface area contributed by atoms with Crippen molar-refractivity contribution < 1.29 is 14.9 Å². The van der Waals surface area contributed by atoms with Crippen molar-refractivity contribution in [3.63, 3.8) is 0 Å². The molecule has 98 valence electrons. The number of hydrogen-bond acceptors (Lipinski definition) is 4. The average molecular weight is 251 g/mol. The summed E-state index contributed by atoms with van der Waals surface area (Å²) in [5, 5.41) is 21.6. The van der Waals surface area contributed by atoms with E-state index in [-0.39, 0.29) is 12.6 Å². The number of nitrogens with one attached hydrogen (secondary N) is 1. The van der Waals surface area contributed by atoms with Crippen molar-refractivity contribution in [2.45, 2.75) is 25.0 Å². The molecule has 1 fully saturated rings. The van der Waals surface area contributed by atoms with Gasteiger partial charge in [-0.05, 0) is 5.56 Å². The van der Waals surface area contributed by atoms with E-state index in [9.17, 15) is 10.2 Å². The normalized spacial score (nSPS) is 28.3. The summed E-state index contributed by atoms with van der Waals surface area (Å²) in [5.74, 6) is 0.223. The Hall–Kier alpha value is -1.63. The van der Waals surface area contributed by atoms with Crippen molar-refractivity contribution in [2.75, 3.05) is 6.61 Å². The Bertz CT molecular complexity index is 410. The van der Waals surface area contributed by atoms with Gasteiger partial charge >= 0.3 is 0 Å². The van der Waals surface area contributed by atoms with Gasteiger partial charge in [-0.3, -0.25) is 0 Å². The molecule has 0 radical (unpaired) electrons. The lowest BCUT2D eigenvalue weighted by atomic mass is 10.2. The minimum atomic E-state index is -1.16. The predicted octanol–water partition coefficient (Wildman–Crippen LogP) is -0.831. The summed E-state index contributed by atoms with van der Waals surface area (Å²) in [4.78, 5) is 4.15. The average Bonchev–Trinajstić information content (AvgIpc) is 2.70. The van der Waals surface area contributed by atoms with E-state index >= 15 is 0 Å². The first-order valence-electron chi connectivity index (χ1n) is 5.75. The molecule has 6 heteroatoms. The van der Waals surface area contributed by atoms with Gasteiger partial charge < -0.3 is 26.0 Å². The molecular weight excluding hydrogens is 234 g/mol. The Morgan fingerprint density at radius 1 is 1.39 bits per heavy atom. The smallest absolute Gasteiger partial charge is 0.189 e. The van der Waals surface area contributed by atoms with Gasteiger partial charge in [0.05, 0.1) is 19.2 Å². The molecule has 0 spiro atoms. The van der Waals surface area contributed by atoms with Crippen LogP contribution < -0.4 is 11.1 Å². The third-order valence-electron chi connectivity index (χ3n) is 2.76. The molecule has 3 unspecified atom stereocenters. The zero-order chi connectivity index (χ0) is 13.0. The number of nitrogens with two attached hydrogens (primary N) is 1. The van der Waals surface area contributed by atoms with E-state index in [0.717, 1.165) is 5.56 Å². The van der Waals surface area contributed by atoms with Crippen LogP contribution in [-0.4, -0.2) is 41.2 Å². The highest BCUT2D eigenvalue weighted by Crippen LogP contribution is 2.11. The number of hydrogen-bond donors (Lipinski definition) is 4. The molecule has 0 aliphatic carbocycles. The summed E-state index contributed by atoms with van der Waals surface area (Å²) < 4.78 is 4.87. The molecule has 1 aliphatic heterocycles. The third-order valence-corrected chi connectivity index (χ3v) is 2.76. The van der Waals surface area contributed by atoms with Crippen LogP contribution >= 0.6 is 0 Å². The minimum absolute atomic E-state index is 0.198. The highest BCUT2D eigenvalue weighted by Gasteiger charge is 2.34. The molecule has 0 amide bonds. The van der Waals surface area contributed by atoms with Gasteiger partial charge in [0, 0.05) is 0 Å². The minimum Gasteiger partial charge on any atom is -0.386 e. The maximum Gasteiger partial charge on any atom is 0.189 e. The zero-order valence-corrected chi connectivity index (χ0v) is 9.86. The Morgan fingerprint density at radius 2 is 2.11 bits per heavy atom. The fraction of sp³-hybridized carbons (Fsp3) is 0.417. The summed E-state index contributed by atoms with van der Waals surface area (Å²) in [6, 6.07) is 9.27. The topological polar surface area (TPSA) is 100 Å².